The first-order chi connectivity index (χ1) is 8.03. The Kier molecular flexibility index (Phi) is 6.07. The van der Waals surface area contributed by atoms with Crippen molar-refractivity contribution in [2.24, 2.45) is 0 Å². The molecule has 0 radical (unpaired) electrons. The van der Waals surface area contributed by atoms with Crippen molar-refractivity contribution in [3.8, 4) is 0 Å². The van der Waals surface area contributed by atoms with Crippen molar-refractivity contribution in [3.05, 3.63) is 11.8 Å². The van der Waals surface area contributed by atoms with Crippen molar-refractivity contribution in [1.82, 2.24) is 5.43 Å². The van der Waals surface area contributed by atoms with Crippen LogP contribution in [0.25, 0.3) is 0 Å². The molecule has 2 aliphatic rings. The van der Waals surface area contributed by atoms with Crippen LogP contribution in [0.5, 0.6) is 0 Å². The Balaban J connectivity index is 0.000000209. The Morgan fingerprint density at radius 1 is 1.41 bits per heavy atom. The molecule has 1 atom stereocenters. The smallest absolute Gasteiger partial charge is 0.217 e. The van der Waals surface area contributed by atoms with Crippen molar-refractivity contribution in [1.29, 1.82) is 0 Å². The lowest BCUT2D eigenvalue weighted by Gasteiger charge is -2.22. The molecule has 0 aliphatic carbocycles. The third-order valence-corrected chi connectivity index (χ3v) is 3.23. The minimum Gasteiger partial charge on any atom is -0.726 e. The molecule has 2 heterocycles. The summed E-state index contributed by atoms with van der Waals surface area (Å²) in [7, 11) is -3.60. The van der Waals surface area contributed by atoms with Gasteiger partial charge < -0.3 is 4.55 Å². The molecule has 0 saturated carbocycles. The molecule has 0 spiro atoms. The van der Waals surface area contributed by atoms with Gasteiger partial charge in [-0.3, -0.25) is 4.18 Å². The van der Waals surface area contributed by atoms with Gasteiger partial charge in [0.25, 0.3) is 0 Å². The fourth-order valence-corrected chi connectivity index (χ4v) is 1.97. The number of hydrogen-bond donors (Lipinski definition) is 2. The maximum absolute atomic E-state index is 9.22. The van der Waals surface area contributed by atoms with Crippen LogP contribution < -0.4 is 10.4 Å². The van der Waals surface area contributed by atoms with E-state index in [0.717, 1.165) is 7.11 Å². The molecule has 100 valence electrons. The van der Waals surface area contributed by atoms with Crippen LogP contribution in [0.3, 0.4) is 0 Å². The number of rotatable bonds is 1. The average Bonchev–Trinajstić information content (AvgIpc) is 2.54. The van der Waals surface area contributed by atoms with Gasteiger partial charge in [-0.1, -0.05) is 0 Å². The van der Waals surface area contributed by atoms with Gasteiger partial charge in [0, 0.05) is 19.4 Å². The van der Waals surface area contributed by atoms with Crippen LogP contribution in [0.1, 0.15) is 32.1 Å². The van der Waals surface area contributed by atoms with E-state index in [9.17, 15) is 13.0 Å². The zero-order valence-corrected chi connectivity index (χ0v) is 10.9. The van der Waals surface area contributed by atoms with Crippen LogP contribution in [-0.2, 0) is 14.6 Å². The summed E-state index contributed by atoms with van der Waals surface area (Å²) in [5.74, 6) is 0. The standard InChI is InChI=1S/C9H16N2.CH4O4S/c1-3-7-10-11-8-4-2-6-9(11)5-1;1-5-6(2,3)4/h6,10H,1-5,7-8H2;1H3,(H,2,3,4). The predicted molar refractivity (Wildman–Crippen MR) is 61.7 cm³/mol. The molecular formula is C10H20N2O4S. The highest BCUT2D eigenvalue weighted by Crippen LogP contribution is 2.07. The molecule has 0 bridgehead atoms. The third kappa shape index (κ3) is 6.13. The van der Waals surface area contributed by atoms with Gasteiger partial charge in [0.15, 0.2) is 0 Å². The van der Waals surface area contributed by atoms with E-state index in [0.29, 0.717) is 0 Å². The second-order valence-corrected chi connectivity index (χ2v) is 5.21. The van der Waals surface area contributed by atoms with Gasteiger partial charge in [-0.15, -0.1) is 0 Å². The van der Waals surface area contributed by atoms with E-state index < -0.39 is 10.4 Å². The third-order valence-electron chi connectivity index (χ3n) is 2.82. The van der Waals surface area contributed by atoms with Gasteiger partial charge >= 0.3 is 0 Å². The number of allylic oxidation sites excluding steroid dienone is 2. The Morgan fingerprint density at radius 2 is 2.12 bits per heavy atom. The SMILES string of the molecule is C1=C2CCCCN[NH+]2CCC1.COS(=O)(=O)[O-]. The Hall–Kier alpha value is -0.470. The van der Waals surface area contributed by atoms with E-state index in [1.54, 1.807) is 10.7 Å². The van der Waals surface area contributed by atoms with E-state index in [4.69, 9.17) is 0 Å². The molecule has 0 amide bonds. The van der Waals surface area contributed by atoms with Crippen LogP contribution in [-0.4, -0.2) is 33.2 Å². The molecule has 1 saturated heterocycles. The second-order valence-electron chi connectivity index (χ2n) is 4.06. The molecule has 2 rings (SSSR count). The van der Waals surface area contributed by atoms with Crippen LogP contribution in [0.2, 0.25) is 0 Å². The summed E-state index contributed by atoms with van der Waals surface area (Å²) in [4.78, 5) is 0. The van der Waals surface area contributed by atoms with Crippen molar-refractivity contribution < 1.29 is 22.2 Å². The minimum absolute atomic E-state index is 0.808. The summed E-state index contributed by atoms with van der Waals surface area (Å²) in [6, 6.07) is 0. The summed E-state index contributed by atoms with van der Waals surface area (Å²) in [5, 5.41) is 1.55. The monoisotopic (exact) mass is 264 g/mol. The lowest BCUT2D eigenvalue weighted by molar-refractivity contribution is -0.910. The van der Waals surface area contributed by atoms with E-state index in [1.807, 2.05) is 0 Å². The first kappa shape index (κ1) is 14.6. The fraction of sp³-hybridized carbons (Fsp3) is 0.800. The highest BCUT2D eigenvalue weighted by atomic mass is 32.3. The van der Waals surface area contributed by atoms with Gasteiger partial charge in [-0.25, -0.2) is 13.4 Å². The molecule has 1 unspecified atom stereocenters. The maximum Gasteiger partial charge on any atom is 0.217 e. The summed E-state index contributed by atoms with van der Waals surface area (Å²) in [6.07, 6.45) is 9.13. The molecule has 0 aromatic rings. The van der Waals surface area contributed by atoms with Gasteiger partial charge in [-0.05, 0) is 25.3 Å². The number of nitrogens with one attached hydrogen (secondary N) is 2. The summed E-state index contributed by atoms with van der Waals surface area (Å²) in [6.45, 7) is 2.50. The minimum atomic E-state index is -4.41. The zero-order valence-electron chi connectivity index (χ0n) is 10.1. The van der Waals surface area contributed by atoms with Crippen LogP contribution in [0.4, 0.5) is 0 Å². The van der Waals surface area contributed by atoms with Crippen molar-refractivity contribution >= 4 is 10.4 Å². The number of quaternary nitrogens is 1. The largest absolute Gasteiger partial charge is 0.726 e. The van der Waals surface area contributed by atoms with E-state index >= 15 is 0 Å². The molecular weight excluding hydrogens is 244 g/mol. The Bertz CT molecular complexity index is 353. The Morgan fingerprint density at radius 3 is 2.76 bits per heavy atom. The molecule has 0 aromatic carbocycles. The Labute approximate surface area is 103 Å². The summed E-state index contributed by atoms with van der Waals surface area (Å²) < 4.78 is 31.0. The van der Waals surface area contributed by atoms with E-state index in [2.05, 4.69) is 15.7 Å². The first-order valence-corrected chi connectivity index (χ1v) is 7.17. The van der Waals surface area contributed by atoms with Gasteiger partial charge in [0.05, 0.1) is 13.7 Å². The number of hydrogen-bond acceptors (Lipinski definition) is 5. The molecule has 7 heteroatoms. The molecule has 2 aliphatic heterocycles. The highest BCUT2D eigenvalue weighted by Gasteiger charge is 2.20. The first-order valence-electron chi connectivity index (χ1n) is 5.83. The zero-order chi connectivity index (χ0) is 12.7. The van der Waals surface area contributed by atoms with Gasteiger partial charge in [0.2, 0.25) is 10.4 Å². The quantitative estimate of drug-likeness (QED) is 0.485. The molecule has 0 aromatic heterocycles. The molecule has 6 nitrogen and oxygen atoms in total. The van der Waals surface area contributed by atoms with Crippen LogP contribution in [0, 0.1) is 0 Å². The molecule has 17 heavy (non-hydrogen) atoms. The molecule has 1 fully saturated rings. The van der Waals surface area contributed by atoms with Crippen molar-refractivity contribution in [2.45, 2.75) is 32.1 Å². The highest BCUT2D eigenvalue weighted by molar-refractivity contribution is 7.80. The normalized spacial score (nSPS) is 24.8. The predicted octanol–water partition coefficient (Wildman–Crippen LogP) is -0.669. The van der Waals surface area contributed by atoms with Crippen LogP contribution >= 0.6 is 0 Å². The van der Waals surface area contributed by atoms with Crippen molar-refractivity contribution in [3.63, 3.8) is 0 Å². The lowest BCUT2D eigenvalue weighted by atomic mass is 10.1. The fourth-order valence-electron chi connectivity index (χ4n) is 1.97. The topological polar surface area (TPSA) is 82.9 Å². The summed E-state index contributed by atoms with van der Waals surface area (Å²) >= 11 is 0. The lowest BCUT2D eigenvalue weighted by Crippen LogP contribution is -3.17. The average molecular weight is 264 g/mol. The second kappa shape index (κ2) is 7.07. The maximum atomic E-state index is 9.22. The van der Waals surface area contributed by atoms with Gasteiger partial charge in [0.1, 0.15) is 5.70 Å². The van der Waals surface area contributed by atoms with Gasteiger partial charge in [-0.2, -0.15) is 5.43 Å². The van der Waals surface area contributed by atoms with Crippen LogP contribution in [0.15, 0.2) is 11.8 Å². The van der Waals surface area contributed by atoms with E-state index in [-0.39, 0.29) is 0 Å². The summed E-state index contributed by atoms with van der Waals surface area (Å²) in [5.41, 5.74) is 5.15. The van der Waals surface area contributed by atoms with E-state index in [1.165, 1.54) is 45.2 Å². The molecule has 2 N–H and O–H groups in total. The number of fused-ring (bicyclic) bond motifs is 1. The van der Waals surface area contributed by atoms with Crippen molar-refractivity contribution in [2.75, 3.05) is 20.2 Å².